The SMILES string of the molecule is CC1CCCN(c2cncc(C(=O)NCCc3c[nH]c4ccccc34)c2)C1. The summed E-state index contributed by atoms with van der Waals surface area (Å²) in [6.07, 6.45) is 8.81. The Bertz CT molecular complexity index is 933. The molecule has 27 heavy (non-hydrogen) atoms. The summed E-state index contributed by atoms with van der Waals surface area (Å²) in [4.78, 5) is 22.5. The maximum Gasteiger partial charge on any atom is 0.252 e. The minimum atomic E-state index is -0.0609. The number of hydrogen-bond acceptors (Lipinski definition) is 3. The Morgan fingerprint density at radius 2 is 2.22 bits per heavy atom. The van der Waals surface area contributed by atoms with Crippen molar-refractivity contribution in [3.8, 4) is 0 Å². The average molecular weight is 362 g/mol. The van der Waals surface area contributed by atoms with Crippen LogP contribution in [0.5, 0.6) is 0 Å². The van der Waals surface area contributed by atoms with E-state index in [2.05, 4.69) is 39.2 Å². The van der Waals surface area contributed by atoms with Crippen molar-refractivity contribution in [3.63, 3.8) is 0 Å². The smallest absolute Gasteiger partial charge is 0.252 e. The lowest BCUT2D eigenvalue weighted by atomic mass is 10.00. The molecule has 1 fully saturated rings. The van der Waals surface area contributed by atoms with Crippen molar-refractivity contribution in [2.75, 3.05) is 24.5 Å². The van der Waals surface area contributed by atoms with E-state index >= 15 is 0 Å². The fourth-order valence-electron chi connectivity index (χ4n) is 3.90. The van der Waals surface area contributed by atoms with Crippen molar-refractivity contribution in [1.29, 1.82) is 0 Å². The topological polar surface area (TPSA) is 61.0 Å². The molecule has 0 radical (unpaired) electrons. The molecule has 0 saturated carbocycles. The number of nitrogens with one attached hydrogen (secondary N) is 2. The summed E-state index contributed by atoms with van der Waals surface area (Å²) in [6, 6.07) is 10.2. The number of rotatable bonds is 5. The quantitative estimate of drug-likeness (QED) is 0.726. The Labute approximate surface area is 159 Å². The van der Waals surface area contributed by atoms with E-state index in [0.717, 1.165) is 30.7 Å². The number of para-hydroxylation sites is 1. The van der Waals surface area contributed by atoms with Gasteiger partial charge < -0.3 is 15.2 Å². The van der Waals surface area contributed by atoms with E-state index in [0.29, 0.717) is 18.0 Å². The summed E-state index contributed by atoms with van der Waals surface area (Å²) in [5.74, 6) is 0.627. The number of anilines is 1. The molecule has 5 nitrogen and oxygen atoms in total. The minimum absolute atomic E-state index is 0.0609. The predicted octanol–water partition coefficient (Wildman–Crippen LogP) is 3.77. The van der Waals surface area contributed by atoms with E-state index < -0.39 is 0 Å². The third-order valence-electron chi connectivity index (χ3n) is 5.36. The largest absolute Gasteiger partial charge is 0.370 e. The average Bonchev–Trinajstić information content (AvgIpc) is 3.11. The number of aromatic amines is 1. The van der Waals surface area contributed by atoms with Gasteiger partial charge in [-0.2, -0.15) is 0 Å². The van der Waals surface area contributed by atoms with Crippen LogP contribution in [-0.4, -0.2) is 35.5 Å². The Hall–Kier alpha value is -2.82. The van der Waals surface area contributed by atoms with Crippen LogP contribution in [0.2, 0.25) is 0 Å². The van der Waals surface area contributed by atoms with Gasteiger partial charge in [-0.25, -0.2) is 0 Å². The van der Waals surface area contributed by atoms with Gasteiger partial charge in [0.1, 0.15) is 0 Å². The molecule has 1 aromatic carbocycles. The van der Waals surface area contributed by atoms with E-state index in [9.17, 15) is 4.79 Å². The van der Waals surface area contributed by atoms with Gasteiger partial charge in [-0.15, -0.1) is 0 Å². The summed E-state index contributed by atoms with van der Waals surface area (Å²) >= 11 is 0. The van der Waals surface area contributed by atoms with E-state index in [1.807, 2.05) is 30.6 Å². The van der Waals surface area contributed by atoms with Crippen molar-refractivity contribution in [2.24, 2.45) is 5.92 Å². The Kier molecular flexibility index (Phi) is 5.10. The van der Waals surface area contributed by atoms with Crippen LogP contribution in [0.15, 0.2) is 48.9 Å². The van der Waals surface area contributed by atoms with Crippen molar-refractivity contribution in [3.05, 3.63) is 60.0 Å². The molecule has 5 heteroatoms. The molecule has 140 valence electrons. The van der Waals surface area contributed by atoms with Gasteiger partial charge >= 0.3 is 0 Å². The van der Waals surface area contributed by atoms with Crippen LogP contribution in [0, 0.1) is 5.92 Å². The minimum Gasteiger partial charge on any atom is -0.370 e. The zero-order valence-corrected chi connectivity index (χ0v) is 15.7. The molecule has 4 rings (SSSR count). The number of carbonyl (C=O) groups is 1. The third kappa shape index (κ3) is 3.97. The lowest BCUT2D eigenvalue weighted by Crippen LogP contribution is -2.34. The molecule has 0 bridgehead atoms. The van der Waals surface area contributed by atoms with Crippen molar-refractivity contribution < 1.29 is 4.79 Å². The van der Waals surface area contributed by atoms with Gasteiger partial charge in [-0.1, -0.05) is 25.1 Å². The molecule has 1 saturated heterocycles. The van der Waals surface area contributed by atoms with Gasteiger partial charge in [0.2, 0.25) is 0 Å². The summed E-state index contributed by atoms with van der Waals surface area (Å²) in [5, 5.41) is 4.25. The Morgan fingerprint density at radius 1 is 1.33 bits per heavy atom. The number of piperidine rings is 1. The number of carbonyl (C=O) groups excluding carboxylic acids is 1. The highest BCUT2D eigenvalue weighted by molar-refractivity contribution is 5.94. The van der Waals surface area contributed by atoms with Crippen molar-refractivity contribution in [1.82, 2.24) is 15.3 Å². The lowest BCUT2D eigenvalue weighted by molar-refractivity contribution is 0.0954. The van der Waals surface area contributed by atoms with Gasteiger partial charge in [-0.05, 0) is 42.9 Å². The predicted molar refractivity (Wildman–Crippen MR) is 109 cm³/mol. The lowest BCUT2D eigenvalue weighted by Gasteiger charge is -2.32. The van der Waals surface area contributed by atoms with Crippen LogP contribution in [0.3, 0.4) is 0 Å². The highest BCUT2D eigenvalue weighted by Crippen LogP contribution is 2.23. The molecule has 0 spiro atoms. The maximum absolute atomic E-state index is 12.6. The molecule has 1 atom stereocenters. The number of aromatic nitrogens is 2. The van der Waals surface area contributed by atoms with Gasteiger partial charge in [0.25, 0.3) is 5.91 Å². The van der Waals surface area contributed by atoms with Crippen molar-refractivity contribution in [2.45, 2.75) is 26.2 Å². The molecular weight excluding hydrogens is 336 g/mol. The first-order chi connectivity index (χ1) is 13.2. The first-order valence-corrected chi connectivity index (χ1v) is 9.74. The molecule has 0 aliphatic carbocycles. The molecule has 2 aromatic heterocycles. The molecule has 1 amide bonds. The normalized spacial score (nSPS) is 17.2. The van der Waals surface area contributed by atoms with Crippen LogP contribution >= 0.6 is 0 Å². The Balaban J connectivity index is 1.37. The number of benzene rings is 1. The van der Waals surface area contributed by atoms with E-state index in [1.54, 1.807) is 6.20 Å². The summed E-state index contributed by atoms with van der Waals surface area (Å²) in [5.41, 5.74) is 4.03. The highest BCUT2D eigenvalue weighted by Gasteiger charge is 2.18. The second-order valence-corrected chi connectivity index (χ2v) is 7.49. The molecule has 3 aromatic rings. The molecule has 1 aliphatic heterocycles. The van der Waals surface area contributed by atoms with Crippen molar-refractivity contribution >= 4 is 22.5 Å². The number of nitrogens with zero attached hydrogens (tertiary/aromatic N) is 2. The molecule has 3 heterocycles. The first kappa shape index (κ1) is 17.6. The Morgan fingerprint density at radius 3 is 3.11 bits per heavy atom. The van der Waals surface area contributed by atoms with Crippen LogP contribution in [0.25, 0.3) is 10.9 Å². The van der Waals surface area contributed by atoms with Crippen LogP contribution < -0.4 is 10.2 Å². The van der Waals surface area contributed by atoms with Gasteiger partial charge in [0, 0.05) is 42.9 Å². The van der Waals surface area contributed by atoms with Gasteiger partial charge in [0.05, 0.1) is 17.4 Å². The number of fused-ring (bicyclic) bond motifs is 1. The number of amides is 1. The number of H-pyrrole nitrogens is 1. The van der Waals surface area contributed by atoms with Crippen LogP contribution in [-0.2, 0) is 6.42 Å². The van der Waals surface area contributed by atoms with E-state index in [4.69, 9.17) is 0 Å². The summed E-state index contributed by atoms with van der Waals surface area (Å²) < 4.78 is 0. The third-order valence-corrected chi connectivity index (χ3v) is 5.36. The standard InChI is InChI=1S/C22H26N4O/c1-16-5-4-10-26(15-16)19-11-18(12-23-14-19)22(27)24-9-8-17-13-25-21-7-3-2-6-20(17)21/h2-3,6-7,11-14,16,25H,4-5,8-10,15H2,1H3,(H,24,27). The second-order valence-electron chi connectivity index (χ2n) is 7.49. The first-order valence-electron chi connectivity index (χ1n) is 9.74. The summed E-state index contributed by atoms with van der Waals surface area (Å²) in [7, 11) is 0. The second kappa shape index (κ2) is 7.82. The zero-order chi connectivity index (χ0) is 18.6. The highest BCUT2D eigenvalue weighted by atomic mass is 16.1. The zero-order valence-electron chi connectivity index (χ0n) is 15.7. The van der Waals surface area contributed by atoms with E-state index in [-0.39, 0.29) is 5.91 Å². The molecule has 2 N–H and O–H groups in total. The monoisotopic (exact) mass is 362 g/mol. The molecular formula is C22H26N4O. The summed E-state index contributed by atoms with van der Waals surface area (Å²) in [6.45, 7) is 4.96. The molecule has 1 unspecified atom stereocenters. The maximum atomic E-state index is 12.6. The van der Waals surface area contributed by atoms with Gasteiger partial charge in [-0.3, -0.25) is 9.78 Å². The van der Waals surface area contributed by atoms with Gasteiger partial charge in [0.15, 0.2) is 0 Å². The van der Waals surface area contributed by atoms with E-state index in [1.165, 1.54) is 23.8 Å². The fourth-order valence-corrected chi connectivity index (χ4v) is 3.90. The van der Waals surface area contributed by atoms with Crippen LogP contribution in [0.4, 0.5) is 5.69 Å². The molecule has 1 aliphatic rings. The fraction of sp³-hybridized carbons (Fsp3) is 0.364. The number of hydrogen-bond donors (Lipinski definition) is 2. The van der Waals surface area contributed by atoms with Crippen LogP contribution in [0.1, 0.15) is 35.7 Å². The number of pyridine rings is 1.